The van der Waals surface area contributed by atoms with E-state index in [2.05, 4.69) is 28.9 Å². The van der Waals surface area contributed by atoms with E-state index in [1.807, 2.05) is 6.07 Å². The van der Waals surface area contributed by atoms with E-state index < -0.39 is 0 Å². The highest BCUT2D eigenvalue weighted by Gasteiger charge is 2.09. The van der Waals surface area contributed by atoms with Crippen molar-refractivity contribution in [3.63, 3.8) is 0 Å². The molecule has 0 radical (unpaired) electrons. The number of anilines is 1. The predicted molar refractivity (Wildman–Crippen MR) is 62.7 cm³/mol. The van der Waals surface area contributed by atoms with Gasteiger partial charge in [-0.2, -0.15) is 5.10 Å². The van der Waals surface area contributed by atoms with Crippen LogP contribution in [0.2, 0.25) is 0 Å². The van der Waals surface area contributed by atoms with Crippen LogP contribution in [0.25, 0.3) is 0 Å². The molecule has 1 heterocycles. The fraction of sp³-hybridized carbons (Fsp3) is 0.636. The summed E-state index contributed by atoms with van der Waals surface area (Å²) in [7, 11) is 0. The molecule has 15 heavy (non-hydrogen) atoms. The number of hydrogen-bond donors (Lipinski definition) is 1. The molecule has 0 atom stereocenters. The molecule has 0 aliphatic heterocycles. The van der Waals surface area contributed by atoms with Crippen molar-refractivity contribution in [2.45, 2.75) is 33.2 Å². The molecule has 0 aliphatic rings. The fourth-order valence-electron chi connectivity index (χ4n) is 1.54. The third kappa shape index (κ3) is 3.16. The Bertz CT molecular complexity index is 288. The summed E-state index contributed by atoms with van der Waals surface area (Å²) in [4.78, 5) is 2.23. The molecule has 4 nitrogen and oxygen atoms in total. The summed E-state index contributed by atoms with van der Waals surface area (Å²) in [6.07, 6.45) is 4.06. The van der Waals surface area contributed by atoms with Gasteiger partial charge in [0.1, 0.15) is 0 Å². The number of nitrogens with zero attached hydrogens (tertiary/aromatic N) is 3. The van der Waals surface area contributed by atoms with Gasteiger partial charge in [0.25, 0.3) is 0 Å². The third-order valence-corrected chi connectivity index (χ3v) is 2.46. The normalized spacial score (nSPS) is 10.3. The Morgan fingerprint density at radius 3 is 2.80 bits per heavy atom. The molecule has 0 aromatic carbocycles. The monoisotopic (exact) mass is 208 g/mol. The smallest absolute Gasteiger partial charge is 0.155 e. The van der Waals surface area contributed by atoms with Gasteiger partial charge < -0.3 is 10.6 Å². The number of aromatic nitrogens is 2. The molecule has 4 heteroatoms. The highest BCUT2D eigenvalue weighted by molar-refractivity contribution is 5.45. The van der Waals surface area contributed by atoms with E-state index in [9.17, 15) is 0 Å². The minimum Gasteiger partial charge on any atom is -0.355 e. The highest BCUT2D eigenvalue weighted by atomic mass is 15.3. The Morgan fingerprint density at radius 2 is 2.20 bits per heavy atom. The molecular weight excluding hydrogens is 188 g/mol. The zero-order valence-corrected chi connectivity index (χ0v) is 9.61. The van der Waals surface area contributed by atoms with E-state index in [4.69, 9.17) is 5.73 Å². The predicted octanol–water partition coefficient (Wildman–Crippen LogP) is 1.56. The van der Waals surface area contributed by atoms with Gasteiger partial charge >= 0.3 is 0 Å². The van der Waals surface area contributed by atoms with Crippen LogP contribution in [0, 0.1) is 0 Å². The molecule has 0 bridgehead atoms. The summed E-state index contributed by atoms with van der Waals surface area (Å²) < 4.78 is 0. The van der Waals surface area contributed by atoms with Gasteiger partial charge in [0.15, 0.2) is 5.82 Å². The maximum Gasteiger partial charge on any atom is 0.155 e. The van der Waals surface area contributed by atoms with Crippen LogP contribution in [0.1, 0.15) is 32.3 Å². The second-order valence-corrected chi connectivity index (χ2v) is 3.52. The van der Waals surface area contributed by atoms with Gasteiger partial charge in [0.05, 0.1) is 6.20 Å². The van der Waals surface area contributed by atoms with Gasteiger partial charge in [-0.15, -0.1) is 5.10 Å². The summed E-state index contributed by atoms with van der Waals surface area (Å²) in [5.41, 5.74) is 6.75. The second-order valence-electron chi connectivity index (χ2n) is 3.52. The second kappa shape index (κ2) is 6.35. The molecule has 2 N–H and O–H groups in total. The van der Waals surface area contributed by atoms with E-state index in [1.54, 1.807) is 6.20 Å². The zero-order chi connectivity index (χ0) is 11.1. The first-order valence-corrected chi connectivity index (χ1v) is 5.59. The highest BCUT2D eigenvalue weighted by Crippen LogP contribution is 2.15. The van der Waals surface area contributed by atoms with Crippen LogP contribution in [-0.4, -0.2) is 23.3 Å². The van der Waals surface area contributed by atoms with Gasteiger partial charge in [-0.05, 0) is 19.4 Å². The van der Waals surface area contributed by atoms with E-state index >= 15 is 0 Å². The molecule has 1 aromatic heterocycles. The quantitative estimate of drug-likeness (QED) is 0.771. The van der Waals surface area contributed by atoms with Crippen LogP contribution >= 0.6 is 0 Å². The van der Waals surface area contributed by atoms with Crippen molar-refractivity contribution in [1.29, 1.82) is 0 Å². The van der Waals surface area contributed by atoms with Crippen LogP contribution < -0.4 is 10.6 Å². The fourth-order valence-corrected chi connectivity index (χ4v) is 1.54. The van der Waals surface area contributed by atoms with Crippen molar-refractivity contribution in [3.8, 4) is 0 Å². The lowest BCUT2D eigenvalue weighted by atomic mass is 10.2. The summed E-state index contributed by atoms with van der Waals surface area (Å²) >= 11 is 0. The third-order valence-electron chi connectivity index (χ3n) is 2.46. The van der Waals surface area contributed by atoms with Crippen molar-refractivity contribution in [2.75, 3.05) is 18.0 Å². The largest absolute Gasteiger partial charge is 0.355 e. The average Bonchev–Trinajstić information content (AvgIpc) is 2.30. The van der Waals surface area contributed by atoms with Crippen LogP contribution in [0.5, 0.6) is 0 Å². The Hall–Kier alpha value is -1.16. The van der Waals surface area contributed by atoms with E-state index in [0.29, 0.717) is 6.54 Å². The van der Waals surface area contributed by atoms with Gasteiger partial charge in [-0.3, -0.25) is 0 Å². The first kappa shape index (κ1) is 11.9. The average molecular weight is 208 g/mol. The summed E-state index contributed by atoms with van der Waals surface area (Å²) in [5, 5.41) is 8.09. The maximum absolute atomic E-state index is 5.68. The molecule has 0 fully saturated rings. The van der Waals surface area contributed by atoms with Crippen LogP contribution in [-0.2, 0) is 6.54 Å². The van der Waals surface area contributed by atoms with Crippen molar-refractivity contribution >= 4 is 5.82 Å². The Labute approximate surface area is 91.5 Å². The SMILES string of the molecule is CCCCN(CC)c1nnccc1CN. The van der Waals surface area contributed by atoms with Crippen LogP contribution in [0.15, 0.2) is 12.3 Å². The zero-order valence-electron chi connectivity index (χ0n) is 9.61. The first-order valence-electron chi connectivity index (χ1n) is 5.59. The molecule has 0 amide bonds. The Kier molecular flexibility index (Phi) is 5.04. The lowest BCUT2D eigenvalue weighted by Gasteiger charge is -2.23. The number of hydrogen-bond acceptors (Lipinski definition) is 4. The Balaban J connectivity index is 2.80. The van der Waals surface area contributed by atoms with Crippen LogP contribution in [0.4, 0.5) is 5.82 Å². The van der Waals surface area contributed by atoms with E-state index in [1.165, 1.54) is 12.8 Å². The standard InChI is InChI=1S/C11H20N4/c1-3-5-8-15(4-2)11-10(9-12)6-7-13-14-11/h6-7H,3-5,8-9,12H2,1-2H3. The lowest BCUT2D eigenvalue weighted by Crippen LogP contribution is -2.26. The maximum atomic E-state index is 5.68. The van der Waals surface area contributed by atoms with E-state index in [-0.39, 0.29) is 0 Å². The molecule has 1 rings (SSSR count). The van der Waals surface area contributed by atoms with E-state index in [0.717, 1.165) is 24.5 Å². The molecule has 1 aromatic rings. The first-order chi connectivity index (χ1) is 7.33. The molecular formula is C11H20N4. The molecule has 0 spiro atoms. The topological polar surface area (TPSA) is 55.0 Å². The molecule has 0 aliphatic carbocycles. The molecule has 84 valence electrons. The number of unbranched alkanes of at least 4 members (excludes halogenated alkanes) is 1. The molecule has 0 saturated heterocycles. The van der Waals surface area contributed by atoms with Crippen molar-refractivity contribution < 1.29 is 0 Å². The summed E-state index contributed by atoms with van der Waals surface area (Å²) in [6, 6.07) is 1.94. The van der Waals surface area contributed by atoms with Crippen molar-refractivity contribution in [1.82, 2.24) is 10.2 Å². The number of rotatable bonds is 6. The minimum atomic E-state index is 0.521. The summed E-state index contributed by atoms with van der Waals surface area (Å²) in [5.74, 6) is 0.941. The van der Waals surface area contributed by atoms with Gasteiger partial charge in [0.2, 0.25) is 0 Å². The molecule has 0 saturated carbocycles. The van der Waals surface area contributed by atoms with Crippen molar-refractivity contribution in [2.24, 2.45) is 5.73 Å². The van der Waals surface area contributed by atoms with Gasteiger partial charge in [0, 0.05) is 25.2 Å². The van der Waals surface area contributed by atoms with Crippen molar-refractivity contribution in [3.05, 3.63) is 17.8 Å². The van der Waals surface area contributed by atoms with Crippen LogP contribution in [0.3, 0.4) is 0 Å². The summed E-state index contributed by atoms with van der Waals surface area (Å²) in [6.45, 7) is 6.82. The van der Waals surface area contributed by atoms with Gasteiger partial charge in [-0.1, -0.05) is 13.3 Å². The number of nitrogens with two attached hydrogens (primary N) is 1. The minimum absolute atomic E-state index is 0.521. The lowest BCUT2D eigenvalue weighted by molar-refractivity contribution is 0.712. The van der Waals surface area contributed by atoms with Gasteiger partial charge in [-0.25, -0.2) is 0 Å². The Morgan fingerprint density at radius 1 is 1.40 bits per heavy atom. The molecule has 0 unspecified atom stereocenters.